The van der Waals surface area contributed by atoms with Crippen LogP contribution in [0.2, 0.25) is 0 Å². The second kappa shape index (κ2) is 2.23. The van der Waals surface area contributed by atoms with Crippen molar-refractivity contribution < 1.29 is 4.74 Å². The van der Waals surface area contributed by atoms with Crippen molar-refractivity contribution in [3.63, 3.8) is 0 Å². The molecule has 1 aliphatic heterocycles. The molecule has 0 unspecified atom stereocenters. The van der Waals surface area contributed by atoms with Gasteiger partial charge in [-0.05, 0) is 0 Å². The van der Waals surface area contributed by atoms with Crippen LogP contribution in [-0.2, 0) is 20.1 Å². The monoisotopic (exact) mass is 153 g/mol. The Morgan fingerprint density at radius 1 is 1.55 bits per heavy atom. The Bertz CT molecular complexity index is 279. The molecule has 0 bridgehead atoms. The number of ether oxygens (including phenoxy) is 1. The zero-order valence-electron chi connectivity index (χ0n) is 6.72. The van der Waals surface area contributed by atoms with Crippen LogP contribution < -0.4 is 10.1 Å². The summed E-state index contributed by atoms with van der Waals surface area (Å²) in [5.41, 5.74) is 2.32. The van der Waals surface area contributed by atoms with Gasteiger partial charge in [-0.1, -0.05) is 0 Å². The Hall–Kier alpha value is -1.03. The average Bonchev–Trinajstić information content (AvgIpc) is 2.46. The number of methoxy groups -OCH3 is 1. The smallest absolute Gasteiger partial charge is 0.216 e. The standard InChI is InChI=1S/C7H11N3O/c1-10-7(11-2)5-3-8-4-6(5)9-10/h8H,3-4H2,1-2H3. The van der Waals surface area contributed by atoms with Crippen molar-refractivity contribution in [2.24, 2.45) is 7.05 Å². The Kier molecular flexibility index (Phi) is 1.35. The molecule has 11 heavy (non-hydrogen) atoms. The predicted octanol–water partition coefficient (Wildman–Crippen LogP) is 0.0319. The van der Waals surface area contributed by atoms with E-state index in [-0.39, 0.29) is 0 Å². The summed E-state index contributed by atoms with van der Waals surface area (Å²) in [5, 5.41) is 7.50. The summed E-state index contributed by atoms with van der Waals surface area (Å²) in [6.07, 6.45) is 0. The summed E-state index contributed by atoms with van der Waals surface area (Å²) < 4.78 is 6.97. The molecule has 1 aliphatic rings. The molecule has 2 heterocycles. The predicted molar refractivity (Wildman–Crippen MR) is 40.3 cm³/mol. The number of hydrogen-bond donors (Lipinski definition) is 1. The van der Waals surface area contributed by atoms with Crippen LogP contribution in [0.1, 0.15) is 11.3 Å². The van der Waals surface area contributed by atoms with Crippen LogP contribution in [0.4, 0.5) is 0 Å². The van der Waals surface area contributed by atoms with E-state index in [1.54, 1.807) is 11.8 Å². The molecule has 1 aromatic rings. The molecule has 60 valence electrons. The van der Waals surface area contributed by atoms with Crippen molar-refractivity contribution in [3.05, 3.63) is 11.3 Å². The quantitative estimate of drug-likeness (QED) is 0.618. The van der Waals surface area contributed by atoms with Gasteiger partial charge in [0, 0.05) is 20.1 Å². The van der Waals surface area contributed by atoms with Crippen molar-refractivity contribution >= 4 is 0 Å². The number of fused-ring (bicyclic) bond motifs is 1. The molecule has 0 spiro atoms. The topological polar surface area (TPSA) is 39.1 Å². The van der Waals surface area contributed by atoms with Crippen molar-refractivity contribution in [3.8, 4) is 5.88 Å². The van der Waals surface area contributed by atoms with Gasteiger partial charge >= 0.3 is 0 Å². The van der Waals surface area contributed by atoms with Crippen LogP contribution in [0.25, 0.3) is 0 Å². The number of nitrogens with zero attached hydrogens (tertiary/aromatic N) is 2. The maximum Gasteiger partial charge on any atom is 0.216 e. The van der Waals surface area contributed by atoms with E-state index in [0.717, 1.165) is 24.7 Å². The van der Waals surface area contributed by atoms with Gasteiger partial charge in [-0.3, -0.25) is 0 Å². The first-order chi connectivity index (χ1) is 5.33. The van der Waals surface area contributed by atoms with Crippen LogP contribution in [-0.4, -0.2) is 16.9 Å². The van der Waals surface area contributed by atoms with Crippen LogP contribution in [0.15, 0.2) is 0 Å². The lowest BCUT2D eigenvalue weighted by Crippen LogP contribution is -2.06. The number of nitrogens with one attached hydrogen (secondary N) is 1. The fourth-order valence-corrected chi connectivity index (χ4v) is 1.49. The summed E-state index contributed by atoms with van der Waals surface area (Å²) in [7, 11) is 3.58. The Labute approximate surface area is 65.2 Å². The van der Waals surface area contributed by atoms with E-state index in [4.69, 9.17) is 4.74 Å². The van der Waals surface area contributed by atoms with E-state index in [2.05, 4.69) is 10.4 Å². The second-order valence-corrected chi connectivity index (χ2v) is 2.66. The lowest BCUT2D eigenvalue weighted by atomic mass is 10.3. The summed E-state index contributed by atoms with van der Waals surface area (Å²) >= 11 is 0. The molecule has 0 saturated carbocycles. The third-order valence-electron chi connectivity index (χ3n) is 1.96. The van der Waals surface area contributed by atoms with Gasteiger partial charge in [-0.2, -0.15) is 5.10 Å². The highest BCUT2D eigenvalue weighted by Gasteiger charge is 2.20. The Balaban J connectivity index is 2.52. The van der Waals surface area contributed by atoms with Gasteiger partial charge < -0.3 is 10.1 Å². The van der Waals surface area contributed by atoms with Gasteiger partial charge in [0.05, 0.1) is 18.4 Å². The molecule has 4 nitrogen and oxygen atoms in total. The molecule has 0 fully saturated rings. The van der Waals surface area contributed by atoms with E-state index in [0.29, 0.717) is 0 Å². The summed E-state index contributed by atoms with van der Waals surface area (Å²) in [4.78, 5) is 0. The maximum absolute atomic E-state index is 5.19. The average molecular weight is 153 g/mol. The minimum Gasteiger partial charge on any atom is -0.481 e. The molecule has 1 N–H and O–H groups in total. The van der Waals surface area contributed by atoms with Gasteiger partial charge in [0.15, 0.2) is 0 Å². The highest BCUT2D eigenvalue weighted by molar-refractivity contribution is 5.34. The molecular formula is C7H11N3O. The van der Waals surface area contributed by atoms with E-state index < -0.39 is 0 Å². The number of aryl methyl sites for hydroxylation is 1. The van der Waals surface area contributed by atoms with Crippen LogP contribution in [0.3, 0.4) is 0 Å². The molecule has 0 aliphatic carbocycles. The molecule has 0 aromatic carbocycles. The van der Waals surface area contributed by atoms with Crippen LogP contribution >= 0.6 is 0 Å². The zero-order valence-corrected chi connectivity index (χ0v) is 6.72. The molecule has 2 rings (SSSR count). The lowest BCUT2D eigenvalue weighted by molar-refractivity contribution is 0.367. The number of aromatic nitrogens is 2. The van der Waals surface area contributed by atoms with Crippen molar-refractivity contribution in [1.82, 2.24) is 15.1 Å². The number of rotatable bonds is 1. The van der Waals surface area contributed by atoms with Crippen LogP contribution in [0, 0.1) is 0 Å². The summed E-state index contributed by atoms with van der Waals surface area (Å²) in [5.74, 6) is 0.880. The van der Waals surface area contributed by atoms with Crippen molar-refractivity contribution in [2.75, 3.05) is 7.11 Å². The van der Waals surface area contributed by atoms with Gasteiger partial charge in [0.25, 0.3) is 0 Å². The van der Waals surface area contributed by atoms with E-state index in [9.17, 15) is 0 Å². The van der Waals surface area contributed by atoms with Gasteiger partial charge in [0.2, 0.25) is 5.88 Å². The zero-order chi connectivity index (χ0) is 7.84. The molecule has 0 atom stereocenters. The first-order valence-corrected chi connectivity index (χ1v) is 3.62. The van der Waals surface area contributed by atoms with E-state index in [1.165, 1.54) is 5.56 Å². The third kappa shape index (κ3) is 0.826. The summed E-state index contributed by atoms with van der Waals surface area (Å²) in [6.45, 7) is 1.75. The minimum atomic E-state index is 0.868. The fraction of sp³-hybridized carbons (Fsp3) is 0.571. The molecule has 1 aromatic heterocycles. The maximum atomic E-state index is 5.19. The van der Waals surface area contributed by atoms with Gasteiger partial charge in [0.1, 0.15) is 0 Å². The van der Waals surface area contributed by atoms with E-state index >= 15 is 0 Å². The first kappa shape index (κ1) is 6.67. The highest BCUT2D eigenvalue weighted by Crippen LogP contribution is 2.24. The van der Waals surface area contributed by atoms with Crippen molar-refractivity contribution in [2.45, 2.75) is 13.1 Å². The van der Waals surface area contributed by atoms with Gasteiger partial charge in [-0.15, -0.1) is 0 Å². The first-order valence-electron chi connectivity index (χ1n) is 3.62. The fourth-order valence-electron chi connectivity index (χ4n) is 1.49. The lowest BCUT2D eigenvalue weighted by Gasteiger charge is -2.01. The molecule has 4 heteroatoms. The van der Waals surface area contributed by atoms with Crippen LogP contribution in [0.5, 0.6) is 5.88 Å². The molecule has 0 radical (unpaired) electrons. The Morgan fingerprint density at radius 3 is 3.09 bits per heavy atom. The number of hydrogen-bond acceptors (Lipinski definition) is 3. The highest BCUT2D eigenvalue weighted by atomic mass is 16.5. The third-order valence-corrected chi connectivity index (χ3v) is 1.96. The SMILES string of the molecule is COc1c2c(nn1C)CNC2. The normalized spacial score (nSPS) is 15.1. The molecule has 0 amide bonds. The molecule has 0 saturated heterocycles. The summed E-state index contributed by atoms with van der Waals surface area (Å²) in [6, 6.07) is 0. The van der Waals surface area contributed by atoms with Crippen molar-refractivity contribution in [1.29, 1.82) is 0 Å². The largest absolute Gasteiger partial charge is 0.481 e. The minimum absolute atomic E-state index is 0.868. The molecular weight excluding hydrogens is 142 g/mol. The second-order valence-electron chi connectivity index (χ2n) is 2.66. The Morgan fingerprint density at radius 2 is 2.36 bits per heavy atom. The van der Waals surface area contributed by atoms with E-state index in [1.807, 2.05) is 7.05 Å². The van der Waals surface area contributed by atoms with Gasteiger partial charge in [-0.25, -0.2) is 4.68 Å².